The van der Waals surface area contributed by atoms with E-state index in [2.05, 4.69) is 74.6 Å². The Balaban J connectivity index is 3.30. The summed E-state index contributed by atoms with van der Waals surface area (Å²) in [5.41, 5.74) is 2.40. The summed E-state index contributed by atoms with van der Waals surface area (Å²) in [5, 5.41) is 9.20. The number of carbonyl (C=O) groups is 1. The van der Waals surface area contributed by atoms with Crippen molar-refractivity contribution in [2.45, 2.75) is 105 Å². The number of aliphatic hydroxyl groups excluding tert-OH is 1. The lowest BCUT2D eigenvalue weighted by Crippen LogP contribution is -2.51. The van der Waals surface area contributed by atoms with Gasteiger partial charge in [-0.15, -0.1) is 0 Å². The molecule has 4 atom stereocenters. The van der Waals surface area contributed by atoms with Crippen molar-refractivity contribution in [2.24, 2.45) is 23.7 Å². The van der Waals surface area contributed by atoms with Crippen LogP contribution >= 0.6 is 0 Å². The first-order chi connectivity index (χ1) is 13.7. The van der Waals surface area contributed by atoms with Crippen LogP contribution in [0, 0.1) is 23.7 Å². The number of aliphatic hydroxyl groups is 1. The molecule has 0 aromatic carbocycles. The molecule has 1 fully saturated rings. The van der Waals surface area contributed by atoms with Crippen LogP contribution in [0.2, 0.25) is 18.1 Å². The van der Waals surface area contributed by atoms with E-state index in [-0.39, 0.29) is 29.6 Å². The zero-order chi connectivity index (χ0) is 23.3. The van der Waals surface area contributed by atoms with E-state index in [1.165, 1.54) is 11.1 Å². The molecule has 0 aromatic heterocycles. The van der Waals surface area contributed by atoms with Gasteiger partial charge in [-0.2, -0.15) is 0 Å². The number of allylic oxidation sites excluding steroid dienone is 2. The molecule has 0 heterocycles. The molecule has 0 unspecified atom stereocenters. The van der Waals surface area contributed by atoms with Crippen molar-refractivity contribution < 1.29 is 14.3 Å². The summed E-state index contributed by atoms with van der Waals surface area (Å²) >= 11 is 0. The van der Waals surface area contributed by atoms with Gasteiger partial charge in [0.05, 0.1) is 12.7 Å². The number of hydrogen-bond acceptors (Lipinski definition) is 3. The van der Waals surface area contributed by atoms with E-state index in [0.29, 0.717) is 17.6 Å². The molecule has 0 spiro atoms. The maximum absolute atomic E-state index is 13.5. The topological polar surface area (TPSA) is 46.5 Å². The van der Waals surface area contributed by atoms with Crippen LogP contribution in [-0.2, 0) is 9.22 Å². The summed E-state index contributed by atoms with van der Waals surface area (Å²) < 4.78 is 7.00. The minimum Gasteiger partial charge on any atom is -0.410 e. The van der Waals surface area contributed by atoms with E-state index in [1.54, 1.807) is 0 Å². The van der Waals surface area contributed by atoms with Crippen molar-refractivity contribution in [1.82, 2.24) is 0 Å². The second-order valence-corrected chi connectivity index (χ2v) is 16.1. The number of hydrogen-bond donors (Lipinski definition) is 1. The molecule has 1 aliphatic carbocycles. The Labute approximate surface area is 187 Å². The van der Waals surface area contributed by atoms with Crippen molar-refractivity contribution in [3.05, 3.63) is 23.3 Å². The van der Waals surface area contributed by atoms with Crippen molar-refractivity contribution in [2.75, 3.05) is 6.61 Å². The van der Waals surface area contributed by atoms with Crippen molar-refractivity contribution in [1.29, 1.82) is 0 Å². The summed E-state index contributed by atoms with van der Waals surface area (Å²) in [6.07, 6.45) is 7.96. The van der Waals surface area contributed by atoms with Gasteiger partial charge in [-0.25, -0.2) is 0 Å². The van der Waals surface area contributed by atoms with Crippen LogP contribution in [-0.4, -0.2) is 31.9 Å². The third-order valence-electron chi connectivity index (χ3n) is 7.51. The van der Waals surface area contributed by atoms with Gasteiger partial charge in [0, 0.05) is 11.8 Å². The molecule has 4 heteroatoms. The minimum atomic E-state index is -2.04. The van der Waals surface area contributed by atoms with Gasteiger partial charge in [0.15, 0.2) is 8.32 Å². The van der Waals surface area contributed by atoms with E-state index in [9.17, 15) is 4.79 Å². The molecule has 1 aliphatic rings. The normalized spacial score (nSPS) is 25.7. The second kappa shape index (κ2) is 11.2. The quantitative estimate of drug-likeness (QED) is 0.315. The fourth-order valence-corrected chi connectivity index (χ4v) is 5.59. The van der Waals surface area contributed by atoms with Crippen LogP contribution in [0.25, 0.3) is 0 Å². The third kappa shape index (κ3) is 7.17. The lowest BCUT2D eigenvalue weighted by Gasteiger charge is -2.46. The predicted molar refractivity (Wildman–Crippen MR) is 131 cm³/mol. The van der Waals surface area contributed by atoms with Gasteiger partial charge in [-0.1, -0.05) is 59.3 Å². The molecular weight excluding hydrogens is 388 g/mol. The standard InChI is InChI=1S/C26H48O3Si/c1-18(2)22-15-14-20(4)24(28)23(22)25(29-30(9,10)26(6,7)8)21(5)13-11-12-19(3)16-17-27/h13,16,18,20,22-23,25,27H,11-12,14-15,17H2,1-10H3/b19-16+,21-13+/t20-,22+,23+,25-/m0/s1. The van der Waals surface area contributed by atoms with E-state index in [0.717, 1.165) is 25.7 Å². The van der Waals surface area contributed by atoms with E-state index >= 15 is 0 Å². The van der Waals surface area contributed by atoms with Crippen LogP contribution in [0.1, 0.15) is 81.1 Å². The van der Waals surface area contributed by atoms with E-state index < -0.39 is 8.32 Å². The van der Waals surface area contributed by atoms with Crippen molar-refractivity contribution >= 4 is 14.1 Å². The molecule has 0 aromatic rings. The Bertz CT molecular complexity index is 625. The van der Waals surface area contributed by atoms with Gasteiger partial charge in [-0.3, -0.25) is 4.79 Å². The summed E-state index contributed by atoms with van der Waals surface area (Å²) in [7, 11) is -2.04. The fraction of sp³-hybridized carbons (Fsp3) is 0.808. The highest BCUT2D eigenvalue weighted by molar-refractivity contribution is 6.74. The Morgan fingerprint density at radius 2 is 1.80 bits per heavy atom. The molecule has 30 heavy (non-hydrogen) atoms. The van der Waals surface area contributed by atoms with Gasteiger partial charge in [0.2, 0.25) is 0 Å². The van der Waals surface area contributed by atoms with Crippen molar-refractivity contribution in [3.8, 4) is 0 Å². The lowest BCUT2D eigenvalue weighted by atomic mass is 9.66. The van der Waals surface area contributed by atoms with Gasteiger partial charge in [0.25, 0.3) is 0 Å². The van der Waals surface area contributed by atoms with E-state index in [1.807, 2.05) is 6.08 Å². The van der Waals surface area contributed by atoms with Gasteiger partial charge in [-0.05, 0) is 75.1 Å². The zero-order valence-corrected chi connectivity index (χ0v) is 22.3. The SMILES string of the molecule is C/C(=C\CO)CC/C=C(\C)[C@H](O[Si](C)(C)C(C)(C)C)[C@H]1C(=O)[C@@H](C)CC[C@@H]1C(C)C. The second-order valence-electron chi connectivity index (χ2n) is 11.3. The lowest BCUT2D eigenvalue weighted by molar-refractivity contribution is -0.135. The molecule has 0 radical (unpaired) electrons. The van der Waals surface area contributed by atoms with Crippen LogP contribution in [0.4, 0.5) is 0 Å². The van der Waals surface area contributed by atoms with Crippen LogP contribution in [0.5, 0.6) is 0 Å². The molecule has 3 nitrogen and oxygen atoms in total. The molecule has 0 saturated heterocycles. The molecule has 174 valence electrons. The average molecular weight is 437 g/mol. The smallest absolute Gasteiger partial charge is 0.192 e. The minimum absolute atomic E-state index is 0.0480. The number of rotatable bonds is 9. The number of ketones is 1. The maximum Gasteiger partial charge on any atom is 0.192 e. The van der Waals surface area contributed by atoms with Crippen LogP contribution in [0.3, 0.4) is 0 Å². The first-order valence-corrected chi connectivity index (χ1v) is 14.8. The van der Waals surface area contributed by atoms with Crippen LogP contribution in [0.15, 0.2) is 23.3 Å². The van der Waals surface area contributed by atoms with E-state index in [4.69, 9.17) is 9.53 Å². The van der Waals surface area contributed by atoms with Gasteiger partial charge < -0.3 is 9.53 Å². The first kappa shape index (κ1) is 27.3. The molecule has 1 N–H and O–H groups in total. The zero-order valence-electron chi connectivity index (χ0n) is 21.3. The highest BCUT2D eigenvalue weighted by atomic mass is 28.4. The Morgan fingerprint density at radius 1 is 1.20 bits per heavy atom. The Morgan fingerprint density at radius 3 is 2.30 bits per heavy atom. The molecule has 0 bridgehead atoms. The summed E-state index contributed by atoms with van der Waals surface area (Å²) in [4.78, 5) is 13.5. The first-order valence-electron chi connectivity index (χ1n) is 11.9. The molecular formula is C26H48O3Si. The monoisotopic (exact) mass is 436 g/mol. The number of Topliss-reactive ketones (excluding diaryl/α,β-unsaturated/α-hetero) is 1. The fourth-order valence-electron chi connectivity index (χ4n) is 4.27. The Hall–Kier alpha value is -0.713. The van der Waals surface area contributed by atoms with Gasteiger partial charge in [0.1, 0.15) is 5.78 Å². The molecule has 1 saturated carbocycles. The molecule has 1 rings (SSSR count). The average Bonchev–Trinajstić information content (AvgIpc) is 2.61. The van der Waals surface area contributed by atoms with Crippen LogP contribution < -0.4 is 0 Å². The van der Waals surface area contributed by atoms with Gasteiger partial charge >= 0.3 is 0 Å². The Kier molecular flexibility index (Phi) is 10.2. The number of carbonyl (C=O) groups excluding carboxylic acids is 1. The molecule has 0 aliphatic heterocycles. The predicted octanol–water partition coefficient (Wildman–Crippen LogP) is 6.93. The highest BCUT2D eigenvalue weighted by Crippen LogP contribution is 2.44. The maximum atomic E-state index is 13.5. The summed E-state index contributed by atoms with van der Waals surface area (Å²) in [6, 6.07) is 0. The summed E-state index contributed by atoms with van der Waals surface area (Å²) in [5.74, 6) is 1.32. The molecule has 0 amide bonds. The third-order valence-corrected chi connectivity index (χ3v) is 12.0. The largest absolute Gasteiger partial charge is 0.410 e. The van der Waals surface area contributed by atoms with Crippen molar-refractivity contribution in [3.63, 3.8) is 0 Å². The summed E-state index contributed by atoms with van der Waals surface area (Å²) in [6.45, 7) is 22.3. The highest BCUT2D eigenvalue weighted by Gasteiger charge is 2.47.